The molecule has 0 bridgehead atoms. The first-order valence-corrected chi connectivity index (χ1v) is 5.08. The predicted octanol–water partition coefficient (Wildman–Crippen LogP) is -0.293. The molecule has 0 saturated carbocycles. The van der Waals surface area contributed by atoms with Crippen molar-refractivity contribution in [3.8, 4) is 0 Å². The highest BCUT2D eigenvalue weighted by Crippen LogP contribution is 2.17. The molecule has 16 heavy (non-hydrogen) atoms. The molecule has 1 aromatic rings. The van der Waals surface area contributed by atoms with Crippen LogP contribution in [0.15, 0.2) is 60.4 Å². The number of nitrogens with zero attached hydrogens (tertiary/aromatic N) is 2. The first-order valence-electron chi connectivity index (χ1n) is 5.08. The van der Waals surface area contributed by atoms with Gasteiger partial charge in [-0.2, -0.15) is 0 Å². The first kappa shape index (κ1) is 12.7. The van der Waals surface area contributed by atoms with Gasteiger partial charge in [-0.25, -0.2) is 9.48 Å². The van der Waals surface area contributed by atoms with Gasteiger partial charge >= 0.3 is 0 Å². The number of benzene rings is 1. The van der Waals surface area contributed by atoms with Gasteiger partial charge in [0.25, 0.3) is 0 Å². The lowest BCUT2D eigenvalue weighted by Crippen LogP contribution is -3.00. The third-order valence-corrected chi connectivity index (χ3v) is 2.54. The largest absolute Gasteiger partial charge is 1.00 e. The van der Waals surface area contributed by atoms with Crippen LogP contribution in [-0.4, -0.2) is 17.4 Å². The molecule has 1 aliphatic rings. The molecule has 0 radical (unpaired) electrons. The van der Waals surface area contributed by atoms with Crippen LogP contribution in [0.3, 0.4) is 0 Å². The third kappa shape index (κ3) is 2.81. The lowest BCUT2D eigenvalue weighted by molar-refractivity contribution is -0.787. The average Bonchev–Trinajstić information content (AvgIpc) is 2.69. The molecule has 0 aromatic heterocycles. The predicted molar refractivity (Wildman–Crippen MR) is 63.1 cm³/mol. The molecule has 1 aliphatic heterocycles. The summed E-state index contributed by atoms with van der Waals surface area (Å²) in [6, 6.07) is 10.5. The Bertz CT molecular complexity index is 384. The Balaban J connectivity index is 0.00000128. The van der Waals surface area contributed by atoms with Crippen molar-refractivity contribution in [3.63, 3.8) is 0 Å². The molecule has 1 unspecified atom stereocenters. The van der Waals surface area contributed by atoms with Gasteiger partial charge in [0.15, 0.2) is 6.34 Å². The maximum absolute atomic E-state index is 4.17. The summed E-state index contributed by atoms with van der Waals surface area (Å²) in [5.41, 5.74) is 1.32. The molecule has 0 amide bonds. The normalized spacial score (nSPS) is 21.8. The van der Waals surface area contributed by atoms with Crippen molar-refractivity contribution in [1.29, 1.82) is 0 Å². The summed E-state index contributed by atoms with van der Waals surface area (Å²) in [6.07, 6.45) is 7.86. The second kappa shape index (κ2) is 5.64. The van der Waals surface area contributed by atoms with E-state index in [4.69, 9.17) is 0 Å². The van der Waals surface area contributed by atoms with Crippen LogP contribution >= 0.6 is 0 Å². The van der Waals surface area contributed by atoms with E-state index in [1.165, 1.54) is 5.56 Å². The Labute approximate surface area is 103 Å². The van der Waals surface area contributed by atoms with Crippen molar-refractivity contribution in [2.45, 2.75) is 6.54 Å². The van der Waals surface area contributed by atoms with Gasteiger partial charge in [-0.3, -0.25) is 0 Å². The van der Waals surface area contributed by atoms with Gasteiger partial charge in [-0.05, 0) is 6.08 Å². The molecule has 1 atom stereocenters. The molecular formula is C13H15ClN2. The standard InChI is InChI=1S/C13H15N2.ClH/c1-2-9-15(10-8-14-12-15)11-13-6-4-3-5-7-13;/h2-8,10,12H,1,9,11H2;1H/q+1;/p-1. The average molecular weight is 235 g/mol. The van der Waals surface area contributed by atoms with E-state index in [1.54, 1.807) is 0 Å². The summed E-state index contributed by atoms with van der Waals surface area (Å²) in [5, 5.41) is 0. The molecule has 84 valence electrons. The summed E-state index contributed by atoms with van der Waals surface area (Å²) in [7, 11) is 0. The van der Waals surface area contributed by atoms with E-state index in [-0.39, 0.29) is 12.4 Å². The van der Waals surface area contributed by atoms with Crippen LogP contribution < -0.4 is 12.4 Å². The minimum absolute atomic E-state index is 0. The molecule has 3 heteroatoms. The Kier molecular flexibility index (Phi) is 4.47. The number of aliphatic imine (C=N–C) groups is 1. The van der Waals surface area contributed by atoms with Gasteiger partial charge < -0.3 is 12.4 Å². The van der Waals surface area contributed by atoms with Crippen LogP contribution in [0, 0.1) is 0 Å². The highest BCUT2D eigenvalue weighted by molar-refractivity contribution is 5.51. The van der Waals surface area contributed by atoms with Gasteiger partial charge in [-0.15, -0.1) is 0 Å². The van der Waals surface area contributed by atoms with Crippen LogP contribution in [0.2, 0.25) is 0 Å². The highest BCUT2D eigenvalue weighted by Gasteiger charge is 2.24. The SMILES string of the molecule is C=CC[N+]1(Cc2ccccc2)C=CN=C1.[Cl-]. The van der Waals surface area contributed by atoms with Crippen molar-refractivity contribution >= 4 is 6.34 Å². The Morgan fingerprint density at radius 3 is 2.56 bits per heavy atom. The third-order valence-electron chi connectivity index (χ3n) is 2.54. The van der Waals surface area contributed by atoms with E-state index in [0.29, 0.717) is 0 Å². The second-order valence-electron chi connectivity index (χ2n) is 3.78. The fraction of sp³-hybridized carbons (Fsp3) is 0.154. The van der Waals surface area contributed by atoms with Crippen molar-refractivity contribution in [2.24, 2.45) is 4.99 Å². The van der Waals surface area contributed by atoms with E-state index >= 15 is 0 Å². The first-order chi connectivity index (χ1) is 7.35. The van der Waals surface area contributed by atoms with E-state index in [2.05, 4.69) is 42.0 Å². The Morgan fingerprint density at radius 1 is 1.25 bits per heavy atom. The monoisotopic (exact) mass is 234 g/mol. The number of halogens is 1. The number of hydrogen-bond acceptors (Lipinski definition) is 1. The van der Waals surface area contributed by atoms with Crippen molar-refractivity contribution in [2.75, 3.05) is 6.54 Å². The summed E-state index contributed by atoms with van der Waals surface area (Å²) in [4.78, 5) is 4.17. The zero-order valence-electron chi connectivity index (χ0n) is 9.09. The lowest BCUT2D eigenvalue weighted by atomic mass is 10.2. The number of hydrogen-bond donors (Lipinski definition) is 0. The molecule has 1 heterocycles. The smallest absolute Gasteiger partial charge is 0.195 e. The van der Waals surface area contributed by atoms with Crippen molar-refractivity contribution < 1.29 is 16.9 Å². The fourth-order valence-electron chi connectivity index (χ4n) is 1.81. The molecular weight excluding hydrogens is 220 g/mol. The second-order valence-corrected chi connectivity index (χ2v) is 3.78. The Morgan fingerprint density at radius 2 is 2.00 bits per heavy atom. The Hall–Kier alpha value is -1.38. The van der Waals surface area contributed by atoms with Gasteiger partial charge in [-0.1, -0.05) is 36.9 Å². The fourth-order valence-corrected chi connectivity index (χ4v) is 1.81. The zero-order chi connectivity index (χ0) is 10.6. The van der Waals surface area contributed by atoms with Crippen LogP contribution in [0.1, 0.15) is 5.56 Å². The zero-order valence-corrected chi connectivity index (χ0v) is 9.85. The van der Waals surface area contributed by atoms with Crippen molar-refractivity contribution in [3.05, 3.63) is 61.0 Å². The van der Waals surface area contributed by atoms with Gasteiger partial charge in [0.1, 0.15) is 19.3 Å². The molecule has 0 fully saturated rings. The van der Waals surface area contributed by atoms with E-state index in [1.807, 2.05) is 24.7 Å². The van der Waals surface area contributed by atoms with E-state index in [0.717, 1.165) is 17.6 Å². The molecule has 0 N–H and O–H groups in total. The molecule has 2 rings (SSSR count). The minimum atomic E-state index is 0. The molecule has 2 nitrogen and oxygen atoms in total. The van der Waals surface area contributed by atoms with Crippen LogP contribution in [0.25, 0.3) is 0 Å². The molecule has 1 aromatic carbocycles. The summed E-state index contributed by atoms with van der Waals surface area (Å²) in [5.74, 6) is 0. The van der Waals surface area contributed by atoms with Gasteiger partial charge in [0.05, 0.1) is 6.20 Å². The minimum Gasteiger partial charge on any atom is -1.00 e. The number of rotatable bonds is 4. The number of quaternary nitrogens is 1. The van der Waals surface area contributed by atoms with Gasteiger partial charge in [0, 0.05) is 5.56 Å². The molecule has 0 saturated heterocycles. The molecule has 0 spiro atoms. The maximum Gasteiger partial charge on any atom is 0.195 e. The van der Waals surface area contributed by atoms with Gasteiger partial charge in [0.2, 0.25) is 0 Å². The van der Waals surface area contributed by atoms with E-state index in [9.17, 15) is 0 Å². The van der Waals surface area contributed by atoms with E-state index < -0.39 is 0 Å². The summed E-state index contributed by atoms with van der Waals surface area (Å²) >= 11 is 0. The maximum atomic E-state index is 4.17. The summed E-state index contributed by atoms with van der Waals surface area (Å²) in [6.45, 7) is 5.62. The van der Waals surface area contributed by atoms with Crippen LogP contribution in [0.4, 0.5) is 0 Å². The summed E-state index contributed by atoms with van der Waals surface area (Å²) < 4.78 is 0.744. The van der Waals surface area contributed by atoms with Crippen LogP contribution in [-0.2, 0) is 6.54 Å². The van der Waals surface area contributed by atoms with Crippen molar-refractivity contribution in [1.82, 2.24) is 0 Å². The quantitative estimate of drug-likeness (QED) is 0.502. The highest BCUT2D eigenvalue weighted by atomic mass is 35.5. The van der Waals surface area contributed by atoms with Crippen LogP contribution in [0.5, 0.6) is 0 Å². The molecule has 0 aliphatic carbocycles. The lowest BCUT2D eigenvalue weighted by Gasteiger charge is -2.25. The topological polar surface area (TPSA) is 12.4 Å².